The summed E-state index contributed by atoms with van der Waals surface area (Å²) in [5.74, 6) is 0.636. The fraction of sp³-hybridized carbons (Fsp3) is 0.538. The number of aryl methyl sites for hydroxylation is 1. The van der Waals surface area contributed by atoms with Gasteiger partial charge in [0.2, 0.25) is 0 Å². The molecule has 0 aliphatic heterocycles. The molecule has 0 fully saturated rings. The first-order valence-corrected chi connectivity index (χ1v) is 5.43. The summed E-state index contributed by atoms with van der Waals surface area (Å²) in [7, 11) is 0. The first kappa shape index (κ1) is 13.0. The zero-order chi connectivity index (χ0) is 12.3. The lowest BCUT2D eigenvalue weighted by molar-refractivity contribution is 0.0272. The van der Waals surface area contributed by atoms with E-state index in [9.17, 15) is 10.2 Å². The van der Waals surface area contributed by atoms with Crippen LogP contribution in [0.3, 0.4) is 0 Å². The van der Waals surface area contributed by atoms with Crippen molar-refractivity contribution in [2.24, 2.45) is 0 Å². The summed E-state index contributed by atoms with van der Waals surface area (Å²) >= 11 is 0. The minimum atomic E-state index is -0.875. The Kier molecular flexibility index (Phi) is 3.94. The van der Waals surface area contributed by atoms with Gasteiger partial charge in [-0.05, 0) is 39.3 Å². The largest absolute Gasteiger partial charge is 0.490 e. The second-order valence-electron chi connectivity index (χ2n) is 4.82. The van der Waals surface area contributed by atoms with Crippen LogP contribution in [0.2, 0.25) is 0 Å². The highest BCUT2D eigenvalue weighted by Crippen LogP contribution is 2.26. The molecular weight excluding hydrogens is 204 g/mol. The third-order valence-electron chi connectivity index (χ3n) is 2.20. The number of hydrogen-bond donors (Lipinski definition) is 2. The Labute approximate surface area is 96.7 Å². The zero-order valence-corrected chi connectivity index (χ0v) is 10.3. The van der Waals surface area contributed by atoms with E-state index in [0.717, 1.165) is 11.1 Å². The van der Waals surface area contributed by atoms with E-state index in [1.54, 1.807) is 20.8 Å². The molecule has 0 amide bonds. The van der Waals surface area contributed by atoms with Crippen LogP contribution in [0.1, 0.15) is 38.0 Å². The van der Waals surface area contributed by atoms with Crippen LogP contribution >= 0.6 is 0 Å². The van der Waals surface area contributed by atoms with E-state index in [1.807, 2.05) is 25.1 Å². The lowest BCUT2D eigenvalue weighted by atomic mass is 10.1. The maximum absolute atomic E-state index is 9.59. The first-order chi connectivity index (χ1) is 7.29. The average Bonchev–Trinajstić information content (AvgIpc) is 2.13. The SMILES string of the molecule is Cc1ccc([C@@H](C)O)c(OCC(C)(C)O)c1. The molecule has 0 unspecified atom stereocenters. The van der Waals surface area contributed by atoms with Gasteiger partial charge in [0, 0.05) is 5.56 Å². The Morgan fingerprint density at radius 1 is 1.38 bits per heavy atom. The summed E-state index contributed by atoms with van der Waals surface area (Å²) in [6.45, 7) is 7.23. The van der Waals surface area contributed by atoms with E-state index in [1.165, 1.54) is 0 Å². The Balaban J connectivity index is 2.88. The van der Waals surface area contributed by atoms with Crippen molar-refractivity contribution >= 4 is 0 Å². The fourth-order valence-electron chi connectivity index (χ4n) is 1.37. The molecule has 1 aromatic rings. The van der Waals surface area contributed by atoms with E-state index in [0.29, 0.717) is 5.75 Å². The van der Waals surface area contributed by atoms with Gasteiger partial charge in [-0.15, -0.1) is 0 Å². The summed E-state index contributed by atoms with van der Waals surface area (Å²) in [5, 5.41) is 19.2. The summed E-state index contributed by atoms with van der Waals surface area (Å²) in [5.41, 5.74) is 0.935. The van der Waals surface area contributed by atoms with E-state index < -0.39 is 11.7 Å². The molecule has 0 aliphatic rings. The van der Waals surface area contributed by atoms with Crippen LogP contribution in [-0.2, 0) is 0 Å². The number of aliphatic hydroxyl groups excluding tert-OH is 1. The van der Waals surface area contributed by atoms with Crippen LogP contribution in [0.15, 0.2) is 18.2 Å². The van der Waals surface area contributed by atoms with E-state index in [2.05, 4.69) is 0 Å². The van der Waals surface area contributed by atoms with Gasteiger partial charge < -0.3 is 14.9 Å². The number of ether oxygens (including phenoxy) is 1. The minimum Gasteiger partial charge on any atom is -0.490 e. The maximum Gasteiger partial charge on any atom is 0.125 e. The summed E-state index contributed by atoms with van der Waals surface area (Å²) in [6, 6.07) is 5.65. The summed E-state index contributed by atoms with van der Waals surface area (Å²) < 4.78 is 5.53. The van der Waals surface area contributed by atoms with Crippen molar-refractivity contribution in [3.63, 3.8) is 0 Å². The van der Waals surface area contributed by atoms with Gasteiger partial charge in [-0.2, -0.15) is 0 Å². The normalized spacial score (nSPS) is 13.6. The molecular formula is C13H20O3. The standard InChI is InChI=1S/C13H20O3/c1-9-5-6-11(10(2)14)12(7-9)16-8-13(3,4)15/h5-7,10,14-15H,8H2,1-4H3/t10-/m1/s1. The van der Waals surface area contributed by atoms with Gasteiger partial charge in [0.1, 0.15) is 12.4 Å². The smallest absolute Gasteiger partial charge is 0.125 e. The van der Waals surface area contributed by atoms with E-state index >= 15 is 0 Å². The monoisotopic (exact) mass is 224 g/mol. The molecule has 0 heterocycles. The maximum atomic E-state index is 9.59. The van der Waals surface area contributed by atoms with Crippen LogP contribution in [-0.4, -0.2) is 22.4 Å². The predicted molar refractivity (Wildman–Crippen MR) is 63.6 cm³/mol. The molecule has 90 valence electrons. The van der Waals surface area contributed by atoms with Crippen molar-refractivity contribution < 1.29 is 14.9 Å². The average molecular weight is 224 g/mol. The fourth-order valence-corrected chi connectivity index (χ4v) is 1.37. The van der Waals surface area contributed by atoms with Crippen LogP contribution in [0, 0.1) is 6.92 Å². The topological polar surface area (TPSA) is 49.7 Å². The van der Waals surface area contributed by atoms with E-state index in [-0.39, 0.29) is 6.61 Å². The molecule has 0 radical (unpaired) electrons. The molecule has 2 N–H and O–H groups in total. The number of benzene rings is 1. The third-order valence-corrected chi connectivity index (χ3v) is 2.20. The molecule has 0 bridgehead atoms. The number of hydrogen-bond acceptors (Lipinski definition) is 3. The molecule has 3 heteroatoms. The Morgan fingerprint density at radius 3 is 2.50 bits per heavy atom. The Morgan fingerprint density at radius 2 is 2.00 bits per heavy atom. The van der Waals surface area contributed by atoms with Crippen LogP contribution < -0.4 is 4.74 Å². The highest BCUT2D eigenvalue weighted by atomic mass is 16.5. The van der Waals surface area contributed by atoms with Gasteiger partial charge in [0.25, 0.3) is 0 Å². The summed E-state index contributed by atoms with van der Waals surface area (Å²) in [6.07, 6.45) is -0.572. The van der Waals surface area contributed by atoms with Gasteiger partial charge in [0.15, 0.2) is 0 Å². The van der Waals surface area contributed by atoms with Gasteiger partial charge in [-0.1, -0.05) is 12.1 Å². The molecule has 1 rings (SSSR count). The van der Waals surface area contributed by atoms with Crippen molar-refractivity contribution in [3.8, 4) is 5.75 Å². The molecule has 0 saturated carbocycles. The molecule has 0 saturated heterocycles. The predicted octanol–water partition coefficient (Wildman–Crippen LogP) is 2.20. The molecule has 0 aliphatic carbocycles. The van der Waals surface area contributed by atoms with Gasteiger partial charge in [0.05, 0.1) is 11.7 Å². The van der Waals surface area contributed by atoms with Gasteiger partial charge >= 0.3 is 0 Å². The Bertz CT molecular complexity index is 351. The first-order valence-electron chi connectivity index (χ1n) is 5.43. The van der Waals surface area contributed by atoms with Crippen LogP contribution in [0.5, 0.6) is 5.75 Å². The summed E-state index contributed by atoms with van der Waals surface area (Å²) in [4.78, 5) is 0. The number of rotatable bonds is 4. The van der Waals surface area contributed by atoms with Crippen LogP contribution in [0.25, 0.3) is 0 Å². The van der Waals surface area contributed by atoms with Gasteiger partial charge in [-0.25, -0.2) is 0 Å². The highest BCUT2D eigenvalue weighted by Gasteiger charge is 2.16. The minimum absolute atomic E-state index is 0.205. The van der Waals surface area contributed by atoms with Crippen molar-refractivity contribution in [1.29, 1.82) is 0 Å². The lowest BCUT2D eigenvalue weighted by Gasteiger charge is -2.20. The lowest BCUT2D eigenvalue weighted by Crippen LogP contribution is -2.28. The van der Waals surface area contributed by atoms with Crippen molar-refractivity contribution in [2.75, 3.05) is 6.61 Å². The quantitative estimate of drug-likeness (QED) is 0.824. The second-order valence-corrected chi connectivity index (χ2v) is 4.82. The number of aliphatic hydroxyl groups is 2. The van der Waals surface area contributed by atoms with Crippen LogP contribution in [0.4, 0.5) is 0 Å². The highest BCUT2D eigenvalue weighted by molar-refractivity contribution is 5.38. The molecule has 1 atom stereocenters. The molecule has 16 heavy (non-hydrogen) atoms. The Hall–Kier alpha value is -1.06. The van der Waals surface area contributed by atoms with E-state index in [4.69, 9.17) is 4.74 Å². The van der Waals surface area contributed by atoms with Crippen molar-refractivity contribution in [2.45, 2.75) is 39.4 Å². The second kappa shape index (κ2) is 4.85. The molecule has 0 aromatic heterocycles. The van der Waals surface area contributed by atoms with Crippen molar-refractivity contribution in [3.05, 3.63) is 29.3 Å². The van der Waals surface area contributed by atoms with Crippen molar-refractivity contribution in [1.82, 2.24) is 0 Å². The molecule has 3 nitrogen and oxygen atoms in total. The molecule has 0 spiro atoms. The zero-order valence-electron chi connectivity index (χ0n) is 10.3. The third kappa shape index (κ3) is 3.83. The van der Waals surface area contributed by atoms with Gasteiger partial charge in [-0.3, -0.25) is 0 Å². The molecule has 1 aromatic carbocycles.